The van der Waals surface area contributed by atoms with E-state index in [0.717, 1.165) is 5.39 Å². The van der Waals surface area contributed by atoms with Crippen molar-refractivity contribution in [2.75, 3.05) is 32.9 Å². The summed E-state index contributed by atoms with van der Waals surface area (Å²) >= 11 is 0. The van der Waals surface area contributed by atoms with Crippen molar-refractivity contribution < 1.29 is 29.4 Å². The van der Waals surface area contributed by atoms with Crippen LogP contribution in [0.1, 0.15) is 27.1 Å². The average molecular weight is 416 g/mol. The number of rotatable bonds is 6. The van der Waals surface area contributed by atoms with Crippen LogP contribution in [0.4, 0.5) is 5.69 Å². The first-order valence-corrected chi connectivity index (χ1v) is 9.06. The monoisotopic (exact) mass is 416 g/mol. The first-order chi connectivity index (χ1) is 14.0. The summed E-state index contributed by atoms with van der Waals surface area (Å²) in [7, 11) is 3.82. The van der Waals surface area contributed by atoms with Gasteiger partial charge < -0.3 is 26.6 Å². The van der Waals surface area contributed by atoms with Crippen molar-refractivity contribution in [3.05, 3.63) is 41.5 Å². The van der Waals surface area contributed by atoms with E-state index < -0.39 is 24.4 Å². The number of anilines is 1. The highest BCUT2D eigenvalue weighted by Crippen LogP contribution is 2.31. The molecule has 0 aliphatic carbocycles. The minimum atomic E-state index is -1.29. The summed E-state index contributed by atoms with van der Waals surface area (Å²) < 4.78 is 0. The molecule has 6 N–H and O–H groups in total. The van der Waals surface area contributed by atoms with Crippen LogP contribution in [0.3, 0.4) is 0 Å². The molecule has 1 atom stereocenters. The first kappa shape index (κ1) is 22.8. The van der Waals surface area contributed by atoms with Crippen LogP contribution in [-0.2, 0) is 9.59 Å². The zero-order valence-corrected chi connectivity index (χ0v) is 16.7. The van der Waals surface area contributed by atoms with Crippen molar-refractivity contribution in [1.29, 1.82) is 0 Å². The molecule has 0 saturated heterocycles. The largest absolute Gasteiger partial charge is 0.481 e. The van der Waals surface area contributed by atoms with Crippen LogP contribution in [-0.4, -0.2) is 77.0 Å². The van der Waals surface area contributed by atoms with Crippen LogP contribution in [0, 0.1) is 0 Å². The Bertz CT molecular complexity index is 1000. The van der Waals surface area contributed by atoms with Crippen LogP contribution < -0.4 is 11.5 Å². The Morgan fingerprint density at radius 2 is 1.73 bits per heavy atom. The number of hydrogen-bond donors (Lipinski definition) is 4. The molecule has 0 bridgehead atoms. The maximum atomic E-state index is 12.6. The van der Waals surface area contributed by atoms with E-state index in [4.69, 9.17) is 21.7 Å². The summed E-state index contributed by atoms with van der Waals surface area (Å²) in [4.78, 5) is 48.0. The Morgan fingerprint density at radius 1 is 1.10 bits per heavy atom. The molecule has 30 heavy (non-hydrogen) atoms. The van der Waals surface area contributed by atoms with Gasteiger partial charge >= 0.3 is 11.9 Å². The molecule has 3 rings (SSSR count). The van der Waals surface area contributed by atoms with Crippen LogP contribution in [0.2, 0.25) is 0 Å². The summed E-state index contributed by atoms with van der Waals surface area (Å²) in [6.45, 7) is 1.00. The van der Waals surface area contributed by atoms with Gasteiger partial charge in [0.25, 0.3) is 11.8 Å². The fourth-order valence-corrected chi connectivity index (χ4v) is 2.96. The van der Waals surface area contributed by atoms with Crippen LogP contribution in [0.5, 0.6) is 0 Å². The van der Waals surface area contributed by atoms with Crippen molar-refractivity contribution in [3.8, 4) is 0 Å². The molecule has 0 fully saturated rings. The lowest BCUT2D eigenvalue weighted by molar-refractivity contribution is -0.144. The summed E-state index contributed by atoms with van der Waals surface area (Å²) in [6, 6.07) is 7.61. The van der Waals surface area contributed by atoms with Gasteiger partial charge in [0.05, 0.1) is 12.0 Å². The second-order valence-electron chi connectivity index (χ2n) is 7.08. The van der Waals surface area contributed by atoms with Crippen LogP contribution >= 0.6 is 0 Å². The van der Waals surface area contributed by atoms with E-state index in [1.165, 1.54) is 4.90 Å². The molecular formula is C20H24N4O6. The summed E-state index contributed by atoms with van der Waals surface area (Å²) in [5.41, 5.74) is 12.3. The molecule has 0 aromatic heterocycles. The highest BCUT2D eigenvalue weighted by Gasteiger charge is 2.32. The SMILES string of the molecule is CN(C)CCN1C(=O)c2cccc3cc(N)cc(c23)C1=O.NC(CC(=O)O)C(=O)O. The van der Waals surface area contributed by atoms with Crippen molar-refractivity contribution in [1.82, 2.24) is 9.80 Å². The summed E-state index contributed by atoms with van der Waals surface area (Å²) in [5, 5.41) is 17.6. The average Bonchev–Trinajstić information content (AvgIpc) is 2.65. The Balaban J connectivity index is 0.000000303. The number of hydrogen-bond acceptors (Lipinski definition) is 7. The molecule has 0 saturated carbocycles. The Morgan fingerprint density at radius 3 is 2.27 bits per heavy atom. The molecule has 1 heterocycles. The zero-order chi connectivity index (χ0) is 22.6. The van der Waals surface area contributed by atoms with Crippen molar-refractivity contribution in [2.24, 2.45) is 5.73 Å². The number of carboxylic acid groups (broad SMARTS) is 2. The number of nitrogens with zero attached hydrogens (tertiary/aromatic N) is 2. The van der Waals surface area contributed by atoms with E-state index in [0.29, 0.717) is 35.3 Å². The van der Waals surface area contributed by atoms with Crippen molar-refractivity contribution in [3.63, 3.8) is 0 Å². The van der Waals surface area contributed by atoms with E-state index >= 15 is 0 Å². The quantitative estimate of drug-likeness (QED) is 0.386. The van der Waals surface area contributed by atoms with Crippen molar-refractivity contribution in [2.45, 2.75) is 12.5 Å². The van der Waals surface area contributed by atoms with E-state index in [1.807, 2.05) is 31.1 Å². The molecular weight excluding hydrogens is 392 g/mol. The summed E-state index contributed by atoms with van der Waals surface area (Å²) in [6.07, 6.45) is -0.532. The highest BCUT2D eigenvalue weighted by molar-refractivity contribution is 6.25. The molecule has 160 valence electrons. The number of aliphatic carboxylic acids is 2. The molecule has 2 aromatic carbocycles. The third-order valence-electron chi connectivity index (χ3n) is 4.43. The predicted molar refractivity (Wildman–Crippen MR) is 110 cm³/mol. The molecule has 0 radical (unpaired) electrons. The minimum Gasteiger partial charge on any atom is -0.481 e. The third-order valence-corrected chi connectivity index (χ3v) is 4.43. The Hall–Kier alpha value is -3.50. The topological polar surface area (TPSA) is 167 Å². The molecule has 1 unspecified atom stereocenters. The Labute approximate surface area is 172 Å². The maximum Gasteiger partial charge on any atom is 0.321 e. The van der Waals surface area contributed by atoms with Gasteiger partial charge in [-0.15, -0.1) is 0 Å². The third kappa shape index (κ3) is 5.10. The number of nitrogens with two attached hydrogens (primary N) is 2. The normalized spacial score (nSPS) is 13.8. The molecule has 2 aromatic rings. The van der Waals surface area contributed by atoms with E-state index in [9.17, 15) is 19.2 Å². The number of nitrogen functional groups attached to an aromatic ring is 1. The second-order valence-corrected chi connectivity index (χ2v) is 7.08. The van der Waals surface area contributed by atoms with Gasteiger partial charge in [-0.2, -0.15) is 0 Å². The predicted octanol–water partition coefficient (Wildman–Crippen LogP) is 0.453. The fraction of sp³-hybridized carbons (Fsp3) is 0.300. The zero-order valence-electron chi connectivity index (χ0n) is 16.7. The molecule has 1 aliphatic heterocycles. The lowest BCUT2D eigenvalue weighted by atomic mass is 9.93. The number of benzene rings is 2. The maximum absolute atomic E-state index is 12.6. The number of amides is 2. The lowest BCUT2D eigenvalue weighted by Gasteiger charge is -2.28. The van der Waals surface area contributed by atoms with Gasteiger partial charge in [0.2, 0.25) is 0 Å². The second kappa shape index (κ2) is 9.33. The minimum absolute atomic E-state index is 0.232. The van der Waals surface area contributed by atoms with Gasteiger partial charge in [0.15, 0.2) is 0 Å². The molecule has 2 amide bonds. The molecule has 10 heteroatoms. The summed E-state index contributed by atoms with van der Waals surface area (Å²) in [5.74, 6) is -3.00. The number of carboxylic acids is 2. The molecule has 10 nitrogen and oxygen atoms in total. The number of carbonyl (C=O) groups is 4. The van der Waals surface area contributed by atoms with Gasteiger partial charge in [-0.1, -0.05) is 12.1 Å². The molecule has 1 aliphatic rings. The van der Waals surface area contributed by atoms with Gasteiger partial charge in [-0.25, -0.2) is 0 Å². The van der Waals surface area contributed by atoms with Crippen molar-refractivity contribution >= 4 is 40.2 Å². The van der Waals surface area contributed by atoms with Gasteiger partial charge in [0.1, 0.15) is 6.04 Å². The van der Waals surface area contributed by atoms with Crippen LogP contribution in [0.15, 0.2) is 30.3 Å². The first-order valence-electron chi connectivity index (χ1n) is 9.06. The number of imide groups is 1. The van der Waals surface area contributed by atoms with E-state index in [2.05, 4.69) is 0 Å². The lowest BCUT2D eigenvalue weighted by Crippen LogP contribution is -2.43. The number of carbonyl (C=O) groups excluding carboxylic acids is 2. The van der Waals surface area contributed by atoms with Gasteiger partial charge in [-0.3, -0.25) is 24.1 Å². The van der Waals surface area contributed by atoms with Gasteiger partial charge in [-0.05, 0) is 37.7 Å². The van der Waals surface area contributed by atoms with E-state index in [-0.39, 0.29) is 11.8 Å². The molecule has 0 spiro atoms. The van der Waals surface area contributed by atoms with Gasteiger partial charge in [0, 0.05) is 29.7 Å². The highest BCUT2D eigenvalue weighted by atomic mass is 16.4. The Kier molecular flexibility index (Phi) is 7.09. The van der Waals surface area contributed by atoms with E-state index in [1.54, 1.807) is 18.2 Å². The van der Waals surface area contributed by atoms with Crippen LogP contribution in [0.25, 0.3) is 10.8 Å². The number of likely N-dealkylation sites (N-methyl/N-ethyl adjacent to an activating group) is 1. The fourth-order valence-electron chi connectivity index (χ4n) is 2.96. The smallest absolute Gasteiger partial charge is 0.321 e. The standard InChI is InChI=1S/C16H17N3O2.C4H7NO4/c1-18(2)6-7-19-15(20)12-5-3-4-10-8-11(17)9-13(14(10)12)16(19)21;5-2(4(8)9)1-3(6)7/h3-5,8-9H,6-7,17H2,1-2H3;2H,1,5H2,(H,6,7)(H,8,9).